The molecule has 0 aliphatic heterocycles. The molecule has 0 bridgehead atoms. The van der Waals surface area contributed by atoms with Crippen molar-refractivity contribution in [2.24, 2.45) is 0 Å². The number of H-pyrrole nitrogens is 1. The summed E-state index contributed by atoms with van der Waals surface area (Å²) in [5, 5.41) is -0.0272. The molecule has 0 atom stereocenters. The van der Waals surface area contributed by atoms with Crippen molar-refractivity contribution in [2.45, 2.75) is 18.4 Å². The lowest BCUT2D eigenvalue weighted by atomic mass is 10.3. The predicted octanol–water partition coefficient (Wildman–Crippen LogP) is 2.67. The Balaban J connectivity index is 2.30. The van der Waals surface area contributed by atoms with Crippen molar-refractivity contribution < 1.29 is 12.8 Å². The van der Waals surface area contributed by atoms with Gasteiger partial charge in [0.15, 0.2) is 5.03 Å². The zero-order valence-electron chi connectivity index (χ0n) is 9.94. The van der Waals surface area contributed by atoms with Gasteiger partial charge in [0.05, 0.1) is 11.9 Å². The van der Waals surface area contributed by atoms with E-state index in [0.717, 1.165) is 0 Å². The third kappa shape index (κ3) is 3.13. The fourth-order valence-electron chi connectivity index (χ4n) is 1.43. The van der Waals surface area contributed by atoms with E-state index in [1.54, 1.807) is 0 Å². The maximum absolute atomic E-state index is 12.9. The van der Waals surface area contributed by atoms with Gasteiger partial charge in [-0.2, -0.15) is 8.42 Å². The smallest absolute Gasteiger partial charge is 0.279 e. The third-order valence-corrected chi connectivity index (χ3v) is 4.34. The molecule has 0 saturated carbocycles. The zero-order chi connectivity index (χ0) is 14.0. The number of aromatic amines is 1. The maximum atomic E-state index is 12.9. The number of anilines is 1. The van der Waals surface area contributed by atoms with E-state index >= 15 is 0 Å². The van der Waals surface area contributed by atoms with Crippen molar-refractivity contribution in [3.8, 4) is 0 Å². The molecule has 0 fully saturated rings. The number of imidazole rings is 1. The second-order valence-corrected chi connectivity index (χ2v) is 6.28. The molecule has 2 rings (SSSR count). The van der Waals surface area contributed by atoms with Crippen LogP contribution in [0.3, 0.4) is 0 Å². The normalized spacial score (nSPS) is 11.5. The SMILES string of the molecule is CCc1ncc(S(=O)(=O)Nc2ccc(F)cc2Br)[nH]1. The van der Waals surface area contributed by atoms with Crippen molar-refractivity contribution in [3.63, 3.8) is 0 Å². The van der Waals surface area contributed by atoms with Gasteiger partial charge in [-0.25, -0.2) is 9.37 Å². The van der Waals surface area contributed by atoms with Gasteiger partial charge in [-0.15, -0.1) is 0 Å². The van der Waals surface area contributed by atoms with Gasteiger partial charge in [0, 0.05) is 10.9 Å². The predicted molar refractivity (Wildman–Crippen MR) is 72.9 cm³/mol. The summed E-state index contributed by atoms with van der Waals surface area (Å²) in [5.74, 6) is 0.128. The summed E-state index contributed by atoms with van der Waals surface area (Å²) in [4.78, 5) is 6.64. The highest BCUT2D eigenvalue weighted by molar-refractivity contribution is 9.10. The molecule has 1 heterocycles. The Hall–Kier alpha value is -1.41. The Bertz CT molecular complexity index is 700. The first-order valence-corrected chi connectivity index (χ1v) is 7.71. The summed E-state index contributed by atoms with van der Waals surface area (Å²) < 4.78 is 39.8. The largest absolute Gasteiger partial charge is 0.332 e. The first kappa shape index (κ1) is 14.0. The van der Waals surface area contributed by atoms with Crippen molar-refractivity contribution in [2.75, 3.05) is 4.72 Å². The first-order valence-electron chi connectivity index (χ1n) is 5.44. The van der Waals surface area contributed by atoms with E-state index in [1.807, 2.05) is 6.92 Å². The molecule has 19 heavy (non-hydrogen) atoms. The number of hydrogen-bond donors (Lipinski definition) is 2. The van der Waals surface area contributed by atoms with Crippen molar-refractivity contribution in [3.05, 3.63) is 40.5 Å². The zero-order valence-corrected chi connectivity index (χ0v) is 12.3. The lowest BCUT2D eigenvalue weighted by Gasteiger charge is -2.08. The van der Waals surface area contributed by atoms with E-state index in [-0.39, 0.29) is 10.7 Å². The van der Waals surface area contributed by atoms with Crippen molar-refractivity contribution >= 4 is 31.6 Å². The summed E-state index contributed by atoms with van der Waals surface area (Å²) >= 11 is 3.10. The number of hydrogen-bond acceptors (Lipinski definition) is 3. The van der Waals surface area contributed by atoms with E-state index in [4.69, 9.17) is 0 Å². The molecule has 0 unspecified atom stereocenters. The van der Waals surface area contributed by atoms with Crippen LogP contribution in [-0.4, -0.2) is 18.4 Å². The van der Waals surface area contributed by atoms with E-state index in [0.29, 0.717) is 16.7 Å². The maximum Gasteiger partial charge on any atom is 0.279 e. The van der Waals surface area contributed by atoms with Crippen LogP contribution in [0.5, 0.6) is 0 Å². The highest BCUT2D eigenvalue weighted by Gasteiger charge is 2.18. The van der Waals surface area contributed by atoms with Gasteiger partial charge in [-0.05, 0) is 34.1 Å². The topological polar surface area (TPSA) is 74.8 Å². The van der Waals surface area contributed by atoms with Gasteiger partial charge < -0.3 is 4.98 Å². The van der Waals surface area contributed by atoms with Crippen LogP contribution < -0.4 is 4.72 Å². The monoisotopic (exact) mass is 347 g/mol. The van der Waals surface area contributed by atoms with Crippen LogP contribution in [0.4, 0.5) is 10.1 Å². The Kier molecular flexibility index (Phi) is 3.91. The molecular formula is C11H11BrFN3O2S. The standard InChI is InChI=1S/C11H11BrFN3O2S/c1-2-10-14-6-11(15-10)19(17,18)16-9-4-3-7(13)5-8(9)12/h3-6,16H,2H2,1H3,(H,14,15). The summed E-state index contributed by atoms with van der Waals surface area (Å²) in [6.07, 6.45) is 1.86. The summed E-state index contributed by atoms with van der Waals surface area (Å²) in [6, 6.07) is 3.70. The average Bonchev–Trinajstić information content (AvgIpc) is 2.82. The van der Waals surface area contributed by atoms with Crippen LogP contribution in [0.1, 0.15) is 12.7 Å². The molecule has 0 radical (unpaired) electrons. The lowest BCUT2D eigenvalue weighted by Crippen LogP contribution is -2.13. The number of rotatable bonds is 4. The molecule has 0 aliphatic rings. The molecule has 0 spiro atoms. The van der Waals surface area contributed by atoms with Crippen LogP contribution in [0.2, 0.25) is 0 Å². The Morgan fingerprint density at radius 3 is 2.79 bits per heavy atom. The molecule has 2 aromatic rings. The number of halogens is 2. The van der Waals surface area contributed by atoms with E-state index in [9.17, 15) is 12.8 Å². The second kappa shape index (κ2) is 5.30. The third-order valence-electron chi connectivity index (χ3n) is 2.40. The summed E-state index contributed by atoms with van der Waals surface area (Å²) in [6.45, 7) is 1.86. The van der Waals surface area contributed by atoms with Gasteiger partial charge in [0.25, 0.3) is 10.0 Å². The molecule has 1 aromatic carbocycles. The van der Waals surface area contributed by atoms with E-state index in [2.05, 4.69) is 30.6 Å². The van der Waals surface area contributed by atoms with Crippen LogP contribution >= 0.6 is 15.9 Å². The van der Waals surface area contributed by atoms with Gasteiger partial charge in [-0.3, -0.25) is 4.72 Å². The average molecular weight is 348 g/mol. The molecule has 0 aliphatic carbocycles. The molecule has 0 saturated heterocycles. The Labute approximate surface area is 118 Å². The summed E-state index contributed by atoms with van der Waals surface area (Å²) in [5.41, 5.74) is 0.258. The van der Waals surface area contributed by atoms with Gasteiger partial charge in [0.1, 0.15) is 11.6 Å². The van der Waals surface area contributed by atoms with Gasteiger partial charge in [-0.1, -0.05) is 6.92 Å². The molecular weight excluding hydrogens is 337 g/mol. The van der Waals surface area contributed by atoms with Crippen molar-refractivity contribution in [1.29, 1.82) is 0 Å². The highest BCUT2D eigenvalue weighted by Crippen LogP contribution is 2.25. The molecule has 1 aromatic heterocycles. The fourth-order valence-corrected chi connectivity index (χ4v) is 3.03. The summed E-state index contributed by atoms with van der Waals surface area (Å²) in [7, 11) is -3.76. The van der Waals surface area contributed by atoms with Crippen LogP contribution in [0.15, 0.2) is 33.9 Å². The number of benzene rings is 1. The minimum Gasteiger partial charge on any atom is -0.332 e. The minimum atomic E-state index is -3.76. The number of nitrogens with zero attached hydrogens (tertiary/aromatic N) is 1. The van der Waals surface area contributed by atoms with Gasteiger partial charge >= 0.3 is 0 Å². The molecule has 8 heteroatoms. The minimum absolute atomic E-state index is 0.0272. The van der Waals surface area contributed by atoms with Crippen molar-refractivity contribution in [1.82, 2.24) is 9.97 Å². The molecule has 2 N–H and O–H groups in total. The fraction of sp³-hybridized carbons (Fsp3) is 0.182. The number of nitrogens with one attached hydrogen (secondary N) is 2. The van der Waals surface area contributed by atoms with Crippen LogP contribution in [-0.2, 0) is 16.4 Å². The first-order chi connectivity index (χ1) is 8.92. The van der Waals surface area contributed by atoms with Crippen LogP contribution in [0, 0.1) is 5.82 Å². The van der Waals surface area contributed by atoms with Crippen LogP contribution in [0.25, 0.3) is 0 Å². The second-order valence-electron chi connectivity index (χ2n) is 3.78. The molecule has 5 nitrogen and oxygen atoms in total. The Morgan fingerprint density at radius 2 is 2.21 bits per heavy atom. The number of aryl methyl sites for hydroxylation is 1. The van der Waals surface area contributed by atoms with E-state index in [1.165, 1.54) is 24.4 Å². The highest BCUT2D eigenvalue weighted by atomic mass is 79.9. The van der Waals surface area contributed by atoms with E-state index < -0.39 is 15.8 Å². The van der Waals surface area contributed by atoms with Gasteiger partial charge in [0.2, 0.25) is 0 Å². The quantitative estimate of drug-likeness (QED) is 0.892. The number of sulfonamides is 1. The number of aromatic nitrogens is 2. The molecule has 0 amide bonds. The Morgan fingerprint density at radius 1 is 1.47 bits per heavy atom. The molecule has 102 valence electrons. The lowest BCUT2D eigenvalue weighted by molar-refractivity contribution is 0.597.